The first-order chi connectivity index (χ1) is 13.6. The number of hydrogen-bond acceptors (Lipinski definition) is 5. The van der Waals surface area contributed by atoms with Gasteiger partial charge < -0.3 is 18.8 Å². The van der Waals surface area contributed by atoms with Gasteiger partial charge >= 0.3 is 11.9 Å². The minimum atomic E-state index is -0.560. The zero-order valence-corrected chi connectivity index (χ0v) is 16.2. The number of nitrogens with zero attached hydrogens (tertiary/aromatic N) is 1. The molecule has 3 aromatic rings. The van der Waals surface area contributed by atoms with E-state index in [0.29, 0.717) is 17.7 Å². The van der Waals surface area contributed by atoms with E-state index in [1.807, 2.05) is 36.4 Å². The molecule has 146 valence electrons. The summed E-state index contributed by atoms with van der Waals surface area (Å²) in [5.41, 5.74) is 2.12. The Labute approximate surface area is 163 Å². The molecule has 28 heavy (non-hydrogen) atoms. The van der Waals surface area contributed by atoms with Crippen LogP contribution in [-0.4, -0.2) is 36.8 Å². The van der Waals surface area contributed by atoms with E-state index < -0.39 is 11.9 Å². The summed E-state index contributed by atoms with van der Waals surface area (Å²) in [6.45, 7) is 4.28. The molecule has 0 saturated carbocycles. The lowest BCUT2D eigenvalue weighted by Gasteiger charge is -2.11. The number of carbonyl (C=O) groups excluding carboxylic acids is 2. The quantitative estimate of drug-likeness (QED) is 0.578. The Morgan fingerprint density at radius 3 is 2.25 bits per heavy atom. The van der Waals surface area contributed by atoms with E-state index in [0.717, 1.165) is 11.1 Å². The maximum Gasteiger partial charge on any atom is 0.355 e. The van der Waals surface area contributed by atoms with E-state index in [-0.39, 0.29) is 24.5 Å². The Morgan fingerprint density at radius 1 is 0.929 bits per heavy atom. The molecule has 1 heterocycles. The summed E-state index contributed by atoms with van der Waals surface area (Å²) in [5, 5.41) is 0.594. The van der Waals surface area contributed by atoms with Crippen molar-refractivity contribution in [1.82, 2.24) is 4.57 Å². The highest BCUT2D eigenvalue weighted by atomic mass is 16.5. The van der Waals surface area contributed by atoms with Crippen LogP contribution in [0.3, 0.4) is 0 Å². The van der Waals surface area contributed by atoms with Crippen LogP contribution in [0.2, 0.25) is 0 Å². The molecule has 0 aliphatic carbocycles. The number of methoxy groups -OCH3 is 1. The van der Waals surface area contributed by atoms with Gasteiger partial charge in [-0.15, -0.1) is 0 Å². The number of rotatable bonds is 7. The van der Waals surface area contributed by atoms with Gasteiger partial charge in [0.25, 0.3) is 0 Å². The Kier molecular flexibility index (Phi) is 5.99. The van der Waals surface area contributed by atoms with Crippen molar-refractivity contribution in [2.45, 2.75) is 20.4 Å². The van der Waals surface area contributed by atoms with Gasteiger partial charge in [0, 0.05) is 11.9 Å². The van der Waals surface area contributed by atoms with Gasteiger partial charge in [-0.25, -0.2) is 9.59 Å². The minimum Gasteiger partial charge on any atom is -0.497 e. The second-order valence-corrected chi connectivity index (χ2v) is 6.12. The predicted octanol–water partition coefficient (Wildman–Crippen LogP) is 4.05. The molecule has 0 atom stereocenters. The molecule has 0 amide bonds. The Bertz CT molecular complexity index is 991. The molecule has 0 N–H and O–H groups in total. The van der Waals surface area contributed by atoms with Crippen LogP contribution in [0.5, 0.6) is 5.75 Å². The number of fused-ring (bicyclic) bond motifs is 1. The number of ether oxygens (including phenoxy) is 3. The summed E-state index contributed by atoms with van der Waals surface area (Å²) in [4.78, 5) is 25.6. The SMILES string of the molecule is CCOC(=O)c1c(C(=O)OCC)n(Cc2ccccc2)c2ccc(OC)cc12. The zero-order valence-electron chi connectivity index (χ0n) is 16.2. The standard InChI is InChI=1S/C22H23NO5/c1-4-27-21(24)19-17-13-16(26-3)11-12-18(17)23(20(19)22(25)28-5-2)14-15-9-7-6-8-10-15/h6-13H,4-5,14H2,1-3H3. The number of hydrogen-bond donors (Lipinski definition) is 0. The molecule has 0 fully saturated rings. The topological polar surface area (TPSA) is 66.8 Å². The van der Waals surface area contributed by atoms with Gasteiger partial charge in [-0.05, 0) is 37.6 Å². The van der Waals surface area contributed by atoms with Crippen LogP contribution < -0.4 is 4.74 Å². The first-order valence-corrected chi connectivity index (χ1v) is 9.19. The molecule has 0 radical (unpaired) electrons. The average Bonchev–Trinajstić information content (AvgIpc) is 3.02. The van der Waals surface area contributed by atoms with Crippen LogP contribution in [0.25, 0.3) is 10.9 Å². The summed E-state index contributed by atoms with van der Waals surface area (Å²) in [5.74, 6) is -0.530. The highest BCUT2D eigenvalue weighted by Crippen LogP contribution is 2.31. The maximum atomic E-state index is 12.8. The molecule has 2 aromatic carbocycles. The predicted molar refractivity (Wildman–Crippen MR) is 106 cm³/mol. The van der Waals surface area contributed by atoms with Crippen molar-refractivity contribution in [2.75, 3.05) is 20.3 Å². The third kappa shape index (κ3) is 3.71. The fourth-order valence-corrected chi connectivity index (χ4v) is 3.21. The smallest absolute Gasteiger partial charge is 0.355 e. The molecule has 1 aromatic heterocycles. The van der Waals surface area contributed by atoms with Crippen molar-refractivity contribution in [1.29, 1.82) is 0 Å². The van der Waals surface area contributed by atoms with Crippen LogP contribution in [0.1, 0.15) is 40.3 Å². The normalized spacial score (nSPS) is 10.7. The number of esters is 2. The zero-order chi connectivity index (χ0) is 20.1. The molecule has 0 bridgehead atoms. The summed E-state index contributed by atoms with van der Waals surface area (Å²) >= 11 is 0. The van der Waals surface area contributed by atoms with E-state index >= 15 is 0 Å². The van der Waals surface area contributed by atoms with Crippen LogP contribution in [0, 0.1) is 0 Å². The van der Waals surface area contributed by atoms with Gasteiger partial charge in [-0.2, -0.15) is 0 Å². The van der Waals surface area contributed by atoms with E-state index in [1.54, 1.807) is 37.7 Å². The third-order valence-electron chi connectivity index (χ3n) is 4.40. The van der Waals surface area contributed by atoms with Crippen LogP contribution in [-0.2, 0) is 16.0 Å². The second-order valence-electron chi connectivity index (χ2n) is 6.12. The lowest BCUT2D eigenvalue weighted by molar-refractivity contribution is 0.0472. The molecular weight excluding hydrogens is 358 g/mol. The van der Waals surface area contributed by atoms with Gasteiger partial charge in [0.2, 0.25) is 0 Å². The maximum absolute atomic E-state index is 12.8. The fourth-order valence-electron chi connectivity index (χ4n) is 3.21. The van der Waals surface area contributed by atoms with Crippen LogP contribution in [0.4, 0.5) is 0 Å². The Hall–Kier alpha value is -3.28. The molecule has 0 aliphatic rings. The summed E-state index contributed by atoms with van der Waals surface area (Å²) in [6.07, 6.45) is 0. The number of aromatic nitrogens is 1. The first kappa shape index (κ1) is 19.5. The Balaban J connectivity index is 2.30. The molecule has 0 aliphatic heterocycles. The molecule has 6 heteroatoms. The molecular formula is C22H23NO5. The van der Waals surface area contributed by atoms with Crippen LogP contribution in [0.15, 0.2) is 48.5 Å². The molecule has 0 saturated heterocycles. The van der Waals surface area contributed by atoms with Crippen molar-refractivity contribution >= 4 is 22.8 Å². The van der Waals surface area contributed by atoms with Crippen LogP contribution >= 0.6 is 0 Å². The second kappa shape index (κ2) is 8.61. The monoisotopic (exact) mass is 381 g/mol. The number of carbonyl (C=O) groups is 2. The van der Waals surface area contributed by atoms with E-state index in [2.05, 4.69) is 0 Å². The van der Waals surface area contributed by atoms with Crippen molar-refractivity contribution in [3.63, 3.8) is 0 Å². The summed E-state index contributed by atoms with van der Waals surface area (Å²) < 4.78 is 17.6. The van der Waals surface area contributed by atoms with Gasteiger partial charge in [0.1, 0.15) is 17.0 Å². The fraction of sp³-hybridized carbons (Fsp3) is 0.273. The third-order valence-corrected chi connectivity index (χ3v) is 4.40. The van der Waals surface area contributed by atoms with Crippen molar-refractivity contribution in [3.05, 3.63) is 65.4 Å². The molecule has 3 rings (SSSR count). The first-order valence-electron chi connectivity index (χ1n) is 9.19. The minimum absolute atomic E-state index is 0.187. The van der Waals surface area contributed by atoms with E-state index in [4.69, 9.17) is 14.2 Å². The largest absolute Gasteiger partial charge is 0.497 e. The van der Waals surface area contributed by atoms with Gasteiger partial charge in [-0.3, -0.25) is 0 Å². The molecule has 0 spiro atoms. The molecule has 0 unspecified atom stereocenters. The lowest BCUT2D eigenvalue weighted by atomic mass is 10.1. The highest BCUT2D eigenvalue weighted by molar-refractivity contribution is 6.13. The summed E-state index contributed by atoms with van der Waals surface area (Å²) in [7, 11) is 1.55. The van der Waals surface area contributed by atoms with Gasteiger partial charge in [0.05, 0.1) is 25.8 Å². The summed E-state index contributed by atoms with van der Waals surface area (Å²) in [6, 6.07) is 15.1. The highest BCUT2D eigenvalue weighted by Gasteiger charge is 2.29. The molecule has 6 nitrogen and oxygen atoms in total. The van der Waals surface area contributed by atoms with Gasteiger partial charge in [-0.1, -0.05) is 30.3 Å². The Morgan fingerprint density at radius 2 is 1.61 bits per heavy atom. The van der Waals surface area contributed by atoms with E-state index in [1.165, 1.54) is 0 Å². The number of benzene rings is 2. The van der Waals surface area contributed by atoms with Crippen molar-refractivity contribution in [2.24, 2.45) is 0 Å². The van der Waals surface area contributed by atoms with Gasteiger partial charge in [0.15, 0.2) is 0 Å². The average molecular weight is 381 g/mol. The van der Waals surface area contributed by atoms with E-state index in [9.17, 15) is 9.59 Å². The lowest BCUT2D eigenvalue weighted by Crippen LogP contribution is -2.18. The van der Waals surface area contributed by atoms with Crippen molar-refractivity contribution in [3.8, 4) is 5.75 Å². The van der Waals surface area contributed by atoms with Crippen molar-refractivity contribution < 1.29 is 23.8 Å².